The molecule has 1 saturated heterocycles. The van der Waals surface area contributed by atoms with Crippen LogP contribution in [-0.4, -0.2) is 41.1 Å². The second-order valence-corrected chi connectivity index (χ2v) is 5.22. The Morgan fingerprint density at radius 3 is 2.73 bits per heavy atom. The summed E-state index contributed by atoms with van der Waals surface area (Å²) in [4.78, 5) is 28.7. The number of benzene rings is 1. The molecule has 0 bridgehead atoms. The molecule has 1 aliphatic heterocycles. The van der Waals surface area contributed by atoms with E-state index in [2.05, 4.69) is 10.1 Å². The first-order valence-corrected chi connectivity index (χ1v) is 7.05. The Morgan fingerprint density at radius 1 is 1.14 bits per heavy atom. The molecule has 1 aromatic carbocycles. The van der Waals surface area contributed by atoms with Crippen LogP contribution in [0.15, 0.2) is 47.7 Å². The predicted molar refractivity (Wildman–Crippen MR) is 83.9 cm³/mol. The van der Waals surface area contributed by atoms with Gasteiger partial charge in [-0.2, -0.15) is 5.10 Å². The summed E-state index contributed by atoms with van der Waals surface area (Å²) in [7, 11) is 0. The van der Waals surface area contributed by atoms with Crippen molar-refractivity contribution in [2.45, 2.75) is 0 Å². The Morgan fingerprint density at radius 2 is 2.00 bits per heavy atom. The Labute approximate surface area is 132 Å². The van der Waals surface area contributed by atoms with Gasteiger partial charge in [-0.1, -0.05) is 17.7 Å². The number of carbonyl (C=O) groups is 2. The summed E-state index contributed by atoms with van der Waals surface area (Å²) in [5.41, 5.74) is 1.37. The number of aromatic amines is 1. The van der Waals surface area contributed by atoms with Crippen molar-refractivity contribution in [1.82, 2.24) is 9.99 Å². The molecular formula is C15H13ClN4O2. The lowest BCUT2D eigenvalue weighted by molar-refractivity contribution is -0.138. The van der Waals surface area contributed by atoms with Crippen LogP contribution in [0.3, 0.4) is 0 Å². The number of hydrogen-bond acceptors (Lipinski definition) is 3. The molecular weight excluding hydrogens is 304 g/mol. The zero-order valence-corrected chi connectivity index (χ0v) is 12.3. The third-order valence-corrected chi connectivity index (χ3v) is 3.48. The van der Waals surface area contributed by atoms with Crippen LogP contribution in [-0.2, 0) is 9.59 Å². The van der Waals surface area contributed by atoms with E-state index < -0.39 is 0 Å². The number of nitrogens with one attached hydrogen (secondary N) is 1. The van der Waals surface area contributed by atoms with Crippen molar-refractivity contribution in [1.29, 1.82) is 0 Å². The highest BCUT2D eigenvalue weighted by molar-refractivity contribution is 6.31. The van der Waals surface area contributed by atoms with Crippen LogP contribution in [0.2, 0.25) is 5.02 Å². The largest absolute Gasteiger partial charge is 0.360 e. The SMILES string of the molecule is O=C1CN(c2cccc(Cl)c2)C(=O)CN1/N=C/c1ccc[nH]1. The number of amides is 2. The van der Waals surface area contributed by atoms with Gasteiger partial charge in [-0.05, 0) is 30.3 Å². The maximum Gasteiger partial charge on any atom is 0.263 e. The van der Waals surface area contributed by atoms with Crippen LogP contribution in [0, 0.1) is 0 Å². The molecule has 0 unspecified atom stereocenters. The Bertz CT molecular complexity index is 727. The molecule has 0 atom stereocenters. The first-order chi connectivity index (χ1) is 10.6. The maximum absolute atomic E-state index is 12.2. The van der Waals surface area contributed by atoms with Crippen LogP contribution >= 0.6 is 11.6 Å². The first kappa shape index (κ1) is 14.3. The van der Waals surface area contributed by atoms with Gasteiger partial charge in [0.15, 0.2) is 0 Å². The highest BCUT2D eigenvalue weighted by atomic mass is 35.5. The van der Waals surface area contributed by atoms with Crippen LogP contribution in [0.5, 0.6) is 0 Å². The molecule has 0 saturated carbocycles. The summed E-state index contributed by atoms with van der Waals surface area (Å²) in [6.45, 7) is -0.149. The summed E-state index contributed by atoms with van der Waals surface area (Å²) in [6, 6.07) is 10.5. The topological polar surface area (TPSA) is 68.8 Å². The average molecular weight is 317 g/mol. The molecule has 7 heteroatoms. The first-order valence-electron chi connectivity index (χ1n) is 6.67. The number of hydrazone groups is 1. The minimum atomic E-state index is -0.248. The van der Waals surface area contributed by atoms with Gasteiger partial charge in [0.05, 0.1) is 11.9 Å². The molecule has 2 amide bonds. The van der Waals surface area contributed by atoms with Gasteiger partial charge in [-0.3, -0.25) is 9.59 Å². The van der Waals surface area contributed by atoms with Crippen LogP contribution in [0.4, 0.5) is 5.69 Å². The molecule has 3 rings (SSSR count). The molecule has 2 heterocycles. The van der Waals surface area contributed by atoms with E-state index in [0.29, 0.717) is 10.7 Å². The van der Waals surface area contributed by atoms with Gasteiger partial charge in [0.25, 0.3) is 5.91 Å². The number of rotatable bonds is 3. The lowest BCUT2D eigenvalue weighted by Gasteiger charge is -2.31. The molecule has 0 aliphatic carbocycles. The van der Waals surface area contributed by atoms with Crippen LogP contribution in [0.25, 0.3) is 0 Å². The smallest absolute Gasteiger partial charge is 0.263 e. The van der Waals surface area contributed by atoms with Crippen LogP contribution < -0.4 is 4.90 Å². The lowest BCUT2D eigenvalue weighted by Crippen LogP contribution is -2.52. The number of carbonyl (C=O) groups excluding carboxylic acids is 2. The number of H-pyrrole nitrogens is 1. The zero-order chi connectivity index (χ0) is 15.5. The number of hydrogen-bond donors (Lipinski definition) is 1. The Kier molecular flexibility index (Phi) is 3.93. The minimum Gasteiger partial charge on any atom is -0.360 e. The number of nitrogens with zero attached hydrogens (tertiary/aromatic N) is 3. The summed E-state index contributed by atoms with van der Waals surface area (Å²) < 4.78 is 0. The molecule has 1 aromatic heterocycles. The molecule has 112 valence electrons. The standard InChI is InChI=1S/C15H13ClN4O2/c16-11-3-1-5-13(7-11)19-9-15(22)20(10-14(19)21)18-8-12-4-2-6-17-12/h1-8,17H,9-10H2/b18-8+. The average Bonchev–Trinajstić information content (AvgIpc) is 3.01. The zero-order valence-electron chi connectivity index (χ0n) is 11.6. The van der Waals surface area contributed by atoms with Gasteiger partial charge in [0.2, 0.25) is 5.91 Å². The fraction of sp³-hybridized carbons (Fsp3) is 0.133. The molecule has 0 spiro atoms. The van der Waals surface area contributed by atoms with Crippen molar-refractivity contribution in [3.05, 3.63) is 53.3 Å². The highest BCUT2D eigenvalue weighted by Crippen LogP contribution is 2.21. The molecule has 6 nitrogen and oxygen atoms in total. The fourth-order valence-corrected chi connectivity index (χ4v) is 2.33. The van der Waals surface area contributed by atoms with Crippen molar-refractivity contribution in [3.63, 3.8) is 0 Å². The summed E-state index contributed by atoms with van der Waals surface area (Å²) in [5.74, 6) is -0.451. The third-order valence-electron chi connectivity index (χ3n) is 3.25. The van der Waals surface area contributed by atoms with Gasteiger partial charge in [0, 0.05) is 16.9 Å². The van der Waals surface area contributed by atoms with Gasteiger partial charge >= 0.3 is 0 Å². The summed E-state index contributed by atoms with van der Waals surface area (Å²) in [5, 5.41) is 5.75. The van der Waals surface area contributed by atoms with Crippen molar-refractivity contribution in [3.8, 4) is 0 Å². The normalized spacial score (nSPS) is 15.9. The van der Waals surface area contributed by atoms with Crippen molar-refractivity contribution in [2.75, 3.05) is 18.0 Å². The predicted octanol–water partition coefficient (Wildman–Crippen LogP) is 1.88. The fourth-order valence-electron chi connectivity index (χ4n) is 2.15. The summed E-state index contributed by atoms with van der Waals surface area (Å²) >= 11 is 5.92. The van der Waals surface area contributed by atoms with Crippen molar-refractivity contribution in [2.24, 2.45) is 5.10 Å². The Balaban J connectivity index is 1.74. The number of anilines is 1. The van der Waals surface area contributed by atoms with Gasteiger partial charge in [-0.25, -0.2) is 5.01 Å². The highest BCUT2D eigenvalue weighted by Gasteiger charge is 2.30. The lowest BCUT2D eigenvalue weighted by atomic mass is 10.2. The van der Waals surface area contributed by atoms with E-state index in [1.807, 2.05) is 12.1 Å². The summed E-state index contributed by atoms with van der Waals surface area (Å²) in [6.07, 6.45) is 3.27. The van der Waals surface area contributed by atoms with E-state index in [4.69, 9.17) is 11.6 Å². The second-order valence-electron chi connectivity index (χ2n) is 4.78. The van der Waals surface area contributed by atoms with Crippen molar-refractivity contribution >= 4 is 35.3 Å². The monoisotopic (exact) mass is 316 g/mol. The Hall–Kier alpha value is -2.60. The van der Waals surface area contributed by atoms with Gasteiger partial charge < -0.3 is 9.88 Å². The minimum absolute atomic E-state index is 0.0543. The van der Waals surface area contributed by atoms with E-state index in [0.717, 1.165) is 5.69 Å². The van der Waals surface area contributed by atoms with E-state index in [-0.39, 0.29) is 24.9 Å². The molecule has 1 aliphatic rings. The molecule has 0 radical (unpaired) electrons. The van der Waals surface area contributed by atoms with Gasteiger partial charge in [0.1, 0.15) is 13.1 Å². The number of halogens is 1. The van der Waals surface area contributed by atoms with E-state index in [9.17, 15) is 9.59 Å². The molecule has 1 N–H and O–H groups in total. The molecule has 2 aromatic rings. The van der Waals surface area contributed by atoms with E-state index in [1.54, 1.807) is 30.5 Å². The second kappa shape index (κ2) is 6.03. The maximum atomic E-state index is 12.2. The van der Waals surface area contributed by atoms with Gasteiger partial charge in [-0.15, -0.1) is 0 Å². The molecule has 1 fully saturated rings. The van der Waals surface area contributed by atoms with Crippen LogP contribution in [0.1, 0.15) is 5.69 Å². The number of piperazine rings is 1. The van der Waals surface area contributed by atoms with Crippen molar-refractivity contribution < 1.29 is 9.59 Å². The third kappa shape index (κ3) is 3.01. The van der Waals surface area contributed by atoms with E-state index in [1.165, 1.54) is 16.1 Å². The number of aromatic nitrogens is 1. The molecule has 22 heavy (non-hydrogen) atoms. The van der Waals surface area contributed by atoms with E-state index >= 15 is 0 Å². The quantitative estimate of drug-likeness (QED) is 0.878.